The van der Waals surface area contributed by atoms with Crippen molar-refractivity contribution < 1.29 is 13.5 Å². The number of nitrogens with zero attached hydrogens (tertiary/aromatic N) is 3. The average Bonchev–Trinajstić information content (AvgIpc) is 3.10. The van der Waals surface area contributed by atoms with E-state index in [0.29, 0.717) is 17.8 Å². The van der Waals surface area contributed by atoms with Gasteiger partial charge in [-0.3, -0.25) is 4.68 Å². The minimum absolute atomic E-state index is 0.367. The Morgan fingerprint density at radius 1 is 0.923 bits per heavy atom. The van der Waals surface area contributed by atoms with E-state index in [9.17, 15) is 8.78 Å². The van der Waals surface area contributed by atoms with E-state index in [1.54, 1.807) is 6.20 Å². The maximum atomic E-state index is 13.3. The first-order valence-corrected chi connectivity index (χ1v) is 9.26. The Kier molecular flexibility index (Phi) is 5.17. The third kappa shape index (κ3) is 4.04. The number of rotatable bonds is 4. The molecule has 0 saturated carbocycles. The molecule has 140 valence electrons. The normalized spacial score (nSPS) is 20.4. The third-order valence-electron chi connectivity index (χ3n) is 5.33. The van der Waals surface area contributed by atoms with Crippen molar-refractivity contribution in [3.8, 4) is 0 Å². The molecule has 0 amide bonds. The van der Waals surface area contributed by atoms with Gasteiger partial charge in [0, 0.05) is 50.3 Å². The van der Waals surface area contributed by atoms with Gasteiger partial charge in [0.15, 0.2) is 0 Å². The molecular formula is C19H24F2N4O. The minimum atomic E-state index is -0.597. The lowest BCUT2D eigenvalue weighted by Crippen LogP contribution is -2.44. The van der Waals surface area contributed by atoms with Crippen LogP contribution in [0.25, 0.3) is 0 Å². The number of halogens is 2. The predicted molar refractivity (Wildman–Crippen MR) is 95.6 cm³/mol. The van der Waals surface area contributed by atoms with E-state index in [0.717, 1.165) is 63.7 Å². The molecule has 26 heavy (non-hydrogen) atoms. The molecule has 5 nitrogen and oxygen atoms in total. The molecule has 0 aliphatic carbocycles. The fraction of sp³-hybridized carbons (Fsp3) is 0.526. The highest BCUT2D eigenvalue weighted by Gasteiger charge is 2.27. The lowest BCUT2D eigenvalue weighted by molar-refractivity contribution is 0.0212. The van der Waals surface area contributed by atoms with Crippen molar-refractivity contribution in [2.75, 3.05) is 31.6 Å². The number of likely N-dealkylation sites (tertiary alicyclic amines) is 1. The van der Waals surface area contributed by atoms with Crippen molar-refractivity contribution in [1.82, 2.24) is 14.7 Å². The molecule has 2 saturated heterocycles. The van der Waals surface area contributed by atoms with Gasteiger partial charge in [0.25, 0.3) is 0 Å². The SMILES string of the molecule is Fc1cc(F)cc(Nc2cnn(C3CCN(C4CCOCC4)CC3)c2)c1. The summed E-state index contributed by atoms with van der Waals surface area (Å²) in [5, 5.41) is 7.46. The van der Waals surface area contributed by atoms with Crippen LogP contribution in [0.5, 0.6) is 0 Å². The van der Waals surface area contributed by atoms with Crippen LogP contribution >= 0.6 is 0 Å². The van der Waals surface area contributed by atoms with Crippen LogP contribution in [-0.4, -0.2) is 47.0 Å². The van der Waals surface area contributed by atoms with Crippen LogP contribution < -0.4 is 5.32 Å². The Morgan fingerprint density at radius 2 is 1.62 bits per heavy atom. The number of hydrogen-bond acceptors (Lipinski definition) is 4. The van der Waals surface area contributed by atoms with E-state index in [-0.39, 0.29) is 0 Å². The highest BCUT2D eigenvalue weighted by Crippen LogP contribution is 2.27. The molecule has 7 heteroatoms. The number of hydrogen-bond donors (Lipinski definition) is 1. The van der Waals surface area contributed by atoms with Crippen LogP contribution in [0.4, 0.5) is 20.2 Å². The Hall–Kier alpha value is -1.99. The summed E-state index contributed by atoms with van der Waals surface area (Å²) in [7, 11) is 0. The number of nitrogens with one attached hydrogen (secondary N) is 1. The second kappa shape index (κ2) is 7.72. The van der Waals surface area contributed by atoms with Gasteiger partial charge in [-0.2, -0.15) is 5.10 Å². The third-order valence-corrected chi connectivity index (χ3v) is 5.33. The summed E-state index contributed by atoms with van der Waals surface area (Å²) in [5.41, 5.74) is 1.12. The molecule has 1 aromatic heterocycles. The Morgan fingerprint density at radius 3 is 2.31 bits per heavy atom. The highest BCUT2D eigenvalue weighted by molar-refractivity contribution is 5.58. The minimum Gasteiger partial charge on any atom is -0.381 e. The van der Waals surface area contributed by atoms with Gasteiger partial charge in [-0.1, -0.05) is 0 Å². The Labute approximate surface area is 151 Å². The first kappa shape index (κ1) is 17.4. The predicted octanol–water partition coefficient (Wildman–Crippen LogP) is 3.72. The Bertz CT molecular complexity index is 717. The molecule has 2 aliphatic rings. The van der Waals surface area contributed by atoms with Crippen molar-refractivity contribution in [3.63, 3.8) is 0 Å². The standard InChI is InChI=1S/C19H24F2N4O/c20-14-9-15(21)11-16(10-14)23-17-12-22-25(13-17)19-1-5-24(6-2-19)18-3-7-26-8-4-18/h9-13,18-19,23H,1-8H2. The molecule has 0 spiro atoms. The summed E-state index contributed by atoms with van der Waals surface area (Å²) < 4.78 is 34.0. The van der Waals surface area contributed by atoms with Crippen molar-refractivity contribution in [1.29, 1.82) is 0 Å². The van der Waals surface area contributed by atoms with Gasteiger partial charge in [-0.05, 0) is 37.8 Å². The van der Waals surface area contributed by atoms with E-state index in [4.69, 9.17) is 4.74 Å². The van der Waals surface area contributed by atoms with E-state index in [1.807, 2.05) is 10.9 Å². The van der Waals surface area contributed by atoms with Gasteiger partial charge in [-0.15, -0.1) is 0 Å². The van der Waals surface area contributed by atoms with Crippen molar-refractivity contribution in [2.45, 2.75) is 37.8 Å². The molecular weight excluding hydrogens is 338 g/mol. The monoisotopic (exact) mass is 362 g/mol. The van der Waals surface area contributed by atoms with Crippen molar-refractivity contribution >= 4 is 11.4 Å². The van der Waals surface area contributed by atoms with Crippen LogP contribution in [0.2, 0.25) is 0 Å². The molecule has 1 aromatic carbocycles. The number of benzene rings is 1. The summed E-state index contributed by atoms with van der Waals surface area (Å²) in [6, 6.07) is 4.42. The fourth-order valence-electron chi connectivity index (χ4n) is 3.96. The van der Waals surface area contributed by atoms with Crippen LogP contribution in [0.15, 0.2) is 30.6 Å². The molecule has 3 heterocycles. The second-order valence-electron chi connectivity index (χ2n) is 7.10. The highest BCUT2D eigenvalue weighted by atomic mass is 19.1. The molecule has 4 rings (SSSR count). The van der Waals surface area contributed by atoms with Gasteiger partial charge < -0.3 is 15.0 Å². The number of piperidine rings is 1. The Balaban J connectivity index is 1.35. The van der Waals surface area contributed by atoms with Crippen LogP contribution in [0.3, 0.4) is 0 Å². The first-order chi connectivity index (χ1) is 12.7. The molecule has 2 aliphatic heterocycles. The van der Waals surface area contributed by atoms with Crippen molar-refractivity contribution in [3.05, 3.63) is 42.2 Å². The van der Waals surface area contributed by atoms with Gasteiger partial charge >= 0.3 is 0 Å². The second-order valence-corrected chi connectivity index (χ2v) is 7.10. The number of aromatic nitrogens is 2. The zero-order valence-corrected chi connectivity index (χ0v) is 14.7. The lowest BCUT2D eigenvalue weighted by atomic mass is 10.00. The summed E-state index contributed by atoms with van der Waals surface area (Å²) in [5.74, 6) is -1.19. The quantitative estimate of drug-likeness (QED) is 0.900. The number of anilines is 2. The largest absolute Gasteiger partial charge is 0.381 e. The summed E-state index contributed by atoms with van der Waals surface area (Å²) in [4.78, 5) is 2.58. The van der Waals surface area contributed by atoms with E-state index in [2.05, 4.69) is 15.3 Å². The molecule has 1 N–H and O–H groups in total. The fourth-order valence-corrected chi connectivity index (χ4v) is 3.96. The molecule has 0 unspecified atom stereocenters. The van der Waals surface area contributed by atoms with Gasteiger partial charge in [0.1, 0.15) is 11.6 Å². The summed E-state index contributed by atoms with van der Waals surface area (Å²) in [6.45, 7) is 3.90. The van der Waals surface area contributed by atoms with Crippen LogP contribution in [-0.2, 0) is 4.74 Å². The maximum absolute atomic E-state index is 13.3. The zero-order valence-electron chi connectivity index (χ0n) is 14.7. The van der Waals surface area contributed by atoms with Crippen molar-refractivity contribution in [2.24, 2.45) is 0 Å². The van der Waals surface area contributed by atoms with Gasteiger partial charge in [0.2, 0.25) is 0 Å². The zero-order chi connectivity index (χ0) is 17.9. The maximum Gasteiger partial charge on any atom is 0.128 e. The van der Waals surface area contributed by atoms with E-state index >= 15 is 0 Å². The lowest BCUT2D eigenvalue weighted by Gasteiger charge is -2.39. The summed E-state index contributed by atoms with van der Waals surface area (Å²) in [6.07, 6.45) is 8.00. The summed E-state index contributed by atoms with van der Waals surface area (Å²) >= 11 is 0. The van der Waals surface area contributed by atoms with Gasteiger partial charge in [-0.25, -0.2) is 8.78 Å². The van der Waals surface area contributed by atoms with Crippen LogP contribution in [0.1, 0.15) is 31.7 Å². The topological polar surface area (TPSA) is 42.3 Å². The number of ether oxygens (including phenoxy) is 1. The first-order valence-electron chi connectivity index (χ1n) is 9.26. The molecule has 0 atom stereocenters. The molecule has 0 bridgehead atoms. The van der Waals surface area contributed by atoms with Crippen LogP contribution in [0, 0.1) is 11.6 Å². The van der Waals surface area contributed by atoms with E-state index in [1.165, 1.54) is 12.1 Å². The molecule has 0 radical (unpaired) electrons. The van der Waals surface area contributed by atoms with E-state index < -0.39 is 11.6 Å². The molecule has 2 fully saturated rings. The smallest absolute Gasteiger partial charge is 0.128 e. The average molecular weight is 362 g/mol. The van der Waals surface area contributed by atoms with Gasteiger partial charge in [0.05, 0.1) is 17.9 Å². The molecule has 2 aromatic rings.